The molecule has 0 radical (unpaired) electrons. The Morgan fingerprint density at radius 2 is 1.72 bits per heavy atom. The van der Waals surface area contributed by atoms with E-state index in [2.05, 4.69) is 10.3 Å². The van der Waals surface area contributed by atoms with Gasteiger partial charge in [-0.05, 0) is 66.7 Å². The molecule has 4 rings (SSSR count). The third kappa shape index (κ3) is 3.58. The van der Waals surface area contributed by atoms with E-state index in [0.717, 1.165) is 16.0 Å². The van der Waals surface area contributed by atoms with Gasteiger partial charge in [0.15, 0.2) is 5.82 Å². The maximum atomic E-state index is 12.5. The summed E-state index contributed by atoms with van der Waals surface area (Å²) in [7, 11) is 3.90. The Morgan fingerprint density at radius 3 is 2.38 bits per heavy atom. The number of carbonyl (C=O) groups excluding carboxylic acids is 1. The largest absolute Gasteiger partial charge is 0.426 e. The molecule has 0 aliphatic carbocycles. The maximum Gasteiger partial charge on any atom is 0.255 e. The van der Waals surface area contributed by atoms with Crippen molar-refractivity contribution in [2.24, 2.45) is 0 Å². The minimum atomic E-state index is -0.187. The van der Waals surface area contributed by atoms with Crippen LogP contribution in [0.1, 0.15) is 10.4 Å². The number of hydrogen-bond acceptors (Lipinski definition) is 5. The molecule has 0 spiro atoms. The second kappa shape index (κ2) is 7.20. The van der Waals surface area contributed by atoms with Gasteiger partial charge in [0, 0.05) is 42.3 Å². The van der Waals surface area contributed by atoms with Gasteiger partial charge >= 0.3 is 0 Å². The van der Waals surface area contributed by atoms with Gasteiger partial charge in [0.1, 0.15) is 5.52 Å². The van der Waals surface area contributed by atoms with Crippen LogP contribution >= 0.6 is 0 Å². The number of rotatable bonds is 4. The van der Waals surface area contributed by atoms with Crippen LogP contribution in [0.25, 0.3) is 22.4 Å². The van der Waals surface area contributed by atoms with Gasteiger partial charge in [-0.1, -0.05) is 0 Å². The van der Waals surface area contributed by atoms with Gasteiger partial charge in [0.2, 0.25) is 0 Å². The lowest BCUT2D eigenvalue weighted by Gasteiger charge is -2.12. The fraction of sp³-hybridized carbons (Fsp3) is 0.0909. The van der Waals surface area contributed by atoms with E-state index in [-0.39, 0.29) is 5.91 Å². The van der Waals surface area contributed by atoms with E-state index in [1.807, 2.05) is 31.1 Å². The van der Waals surface area contributed by atoms with E-state index in [9.17, 15) is 10.0 Å². The van der Waals surface area contributed by atoms with Crippen molar-refractivity contribution in [2.45, 2.75) is 0 Å². The van der Waals surface area contributed by atoms with Gasteiger partial charge in [-0.25, -0.2) is 4.98 Å². The molecule has 0 saturated carbocycles. The van der Waals surface area contributed by atoms with E-state index in [1.165, 1.54) is 0 Å². The predicted molar refractivity (Wildman–Crippen MR) is 115 cm³/mol. The van der Waals surface area contributed by atoms with Crippen LogP contribution in [0.5, 0.6) is 0 Å². The van der Waals surface area contributed by atoms with Crippen LogP contribution in [0, 0.1) is 0 Å². The molecule has 0 aliphatic heterocycles. The monoisotopic (exact) mass is 387 g/mol. The van der Waals surface area contributed by atoms with Crippen molar-refractivity contribution in [1.82, 2.24) is 9.71 Å². The molecule has 29 heavy (non-hydrogen) atoms. The highest BCUT2D eigenvalue weighted by atomic mass is 16.5. The quantitative estimate of drug-likeness (QED) is 0.365. The summed E-state index contributed by atoms with van der Waals surface area (Å²) in [6.07, 6.45) is 0. The summed E-state index contributed by atoms with van der Waals surface area (Å²) in [4.78, 5) is 18.9. The fourth-order valence-electron chi connectivity index (χ4n) is 3.08. The molecule has 4 aromatic rings. The summed E-state index contributed by atoms with van der Waals surface area (Å²) in [5, 5.41) is 13.3. The lowest BCUT2D eigenvalue weighted by molar-refractivity contribution is 0.102. The first-order chi connectivity index (χ1) is 13.9. The molecule has 7 heteroatoms. The number of carbonyl (C=O) groups is 1. The molecule has 3 aromatic carbocycles. The molecule has 0 fully saturated rings. The topological polar surface area (TPSA) is 96.4 Å². The molecule has 4 N–H and O–H groups in total. The SMILES string of the molecule is CN(C)c1ccc(C(=O)Nc2ccc(-c3nc4ccc(N)cc4n3O)cc2)cc1. The molecule has 146 valence electrons. The van der Waals surface area contributed by atoms with Crippen LogP contribution < -0.4 is 16.0 Å². The van der Waals surface area contributed by atoms with E-state index >= 15 is 0 Å². The number of nitrogen functional groups attached to an aromatic ring is 1. The summed E-state index contributed by atoms with van der Waals surface area (Å²) in [5.74, 6) is 0.218. The Bertz CT molecular complexity index is 1180. The standard InChI is InChI=1S/C22H21N5O2/c1-26(2)18-10-5-15(6-11-18)22(28)24-17-8-3-14(4-9-17)21-25-19-12-7-16(23)13-20(19)27(21)29/h3-13,29H,23H2,1-2H3,(H,24,28). The van der Waals surface area contributed by atoms with E-state index in [4.69, 9.17) is 5.73 Å². The summed E-state index contributed by atoms with van der Waals surface area (Å²) in [5.41, 5.74) is 10.5. The van der Waals surface area contributed by atoms with Gasteiger partial charge in [0.05, 0.1) is 5.52 Å². The van der Waals surface area contributed by atoms with Crippen LogP contribution in [0.4, 0.5) is 17.1 Å². The number of aromatic nitrogens is 2. The summed E-state index contributed by atoms with van der Waals surface area (Å²) < 4.78 is 1.02. The van der Waals surface area contributed by atoms with Gasteiger partial charge in [-0.3, -0.25) is 4.79 Å². The minimum Gasteiger partial charge on any atom is -0.426 e. The number of hydrogen-bond donors (Lipinski definition) is 3. The molecule has 0 bridgehead atoms. The van der Waals surface area contributed by atoms with Crippen molar-refractivity contribution < 1.29 is 10.0 Å². The number of amides is 1. The molecule has 0 aliphatic rings. The first-order valence-electron chi connectivity index (χ1n) is 9.09. The highest BCUT2D eigenvalue weighted by Gasteiger charge is 2.13. The van der Waals surface area contributed by atoms with Gasteiger partial charge in [-0.2, -0.15) is 4.73 Å². The van der Waals surface area contributed by atoms with Crippen molar-refractivity contribution in [2.75, 3.05) is 30.0 Å². The van der Waals surface area contributed by atoms with Crippen molar-refractivity contribution >= 4 is 34.0 Å². The van der Waals surface area contributed by atoms with E-state index in [0.29, 0.717) is 33.8 Å². The van der Waals surface area contributed by atoms with E-state index < -0.39 is 0 Å². The molecular weight excluding hydrogens is 366 g/mol. The average molecular weight is 387 g/mol. The number of imidazole rings is 1. The maximum absolute atomic E-state index is 12.5. The van der Waals surface area contributed by atoms with Crippen LogP contribution in [0.2, 0.25) is 0 Å². The predicted octanol–water partition coefficient (Wildman–Crippen LogP) is 3.84. The number of benzene rings is 3. The van der Waals surface area contributed by atoms with Crippen molar-refractivity contribution in [3.63, 3.8) is 0 Å². The highest BCUT2D eigenvalue weighted by molar-refractivity contribution is 6.04. The Morgan fingerprint density at radius 1 is 1.03 bits per heavy atom. The van der Waals surface area contributed by atoms with Gasteiger partial charge in [-0.15, -0.1) is 0 Å². The lowest BCUT2D eigenvalue weighted by Crippen LogP contribution is -2.13. The zero-order valence-electron chi connectivity index (χ0n) is 16.1. The van der Waals surface area contributed by atoms with Crippen molar-refractivity contribution in [3.05, 3.63) is 72.3 Å². The van der Waals surface area contributed by atoms with Crippen LogP contribution in [0.15, 0.2) is 66.7 Å². The molecule has 7 nitrogen and oxygen atoms in total. The Hall–Kier alpha value is -4.00. The molecule has 0 unspecified atom stereocenters. The smallest absolute Gasteiger partial charge is 0.255 e. The summed E-state index contributed by atoms with van der Waals surface area (Å²) in [6, 6.07) is 19.7. The number of anilines is 3. The second-order valence-corrected chi connectivity index (χ2v) is 6.97. The number of nitrogens with zero attached hydrogens (tertiary/aromatic N) is 3. The zero-order chi connectivity index (χ0) is 20.5. The average Bonchev–Trinajstić information content (AvgIpc) is 3.04. The Balaban J connectivity index is 1.53. The van der Waals surface area contributed by atoms with Crippen molar-refractivity contribution in [1.29, 1.82) is 0 Å². The Kier molecular flexibility index (Phi) is 4.56. The molecule has 1 aromatic heterocycles. The van der Waals surface area contributed by atoms with Crippen LogP contribution in [-0.2, 0) is 0 Å². The molecule has 1 heterocycles. The second-order valence-electron chi connectivity index (χ2n) is 6.97. The molecule has 0 atom stereocenters. The van der Waals surface area contributed by atoms with Gasteiger partial charge in [0.25, 0.3) is 5.91 Å². The highest BCUT2D eigenvalue weighted by Crippen LogP contribution is 2.26. The third-order valence-corrected chi connectivity index (χ3v) is 4.70. The summed E-state index contributed by atoms with van der Waals surface area (Å²) in [6.45, 7) is 0. The number of nitrogens with two attached hydrogens (primary N) is 1. The number of fused-ring (bicyclic) bond motifs is 1. The first kappa shape index (κ1) is 18.4. The normalized spacial score (nSPS) is 10.8. The summed E-state index contributed by atoms with van der Waals surface area (Å²) >= 11 is 0. The lowest BCUT2D eigenvalue weighted by atomic mass is 10.1. The Labute approximate surface area is 168 Å². The van der Waals surface area contributed by atoms with Crippen LogP contribution in [-0.4, -0.2) is 34.9 Å². The van der Waals surface area contributed by atoms with E-state index in [1.54, 1.807) is 54.6 Å². The third-order valence-electron chi connectivity index (χ3n) is 4.70. The molecule has 1 amide bonds. The van der Waals surface area contributed by atoms with Gasteiger partial charge < -0.3 is 21.2 Å². The minimum absolute atomic E-state index is 0.187. The van der Waals surface area contributed by atoms with Crippen molar-refractivity contribution in [3.8, 4) is 11.4 Å². The first-order valence-corrected chi connectivity index (χ1v) is 9.09. The molecule has 0 saturated heterocycles. The molecular formula is C22H21N5O2. The fourth-order valence-corrected chi connectivity index (χ4v) is 3.08. The number of nitrogens with one attached hydrogen (secondary N) is 1. The zero-order valence-corrected chi connectivity index (χ0v) is 16.1. The van der Waals surface area contributed by atoms with Crippen LogP contribution in [0.3, 0.4) is 0 Å².